The third-order valence-electron chi connectivity index (χ3n) is 8.08. The number of fused-ring (bicyclic) bond motifs is 1. The Labute approximate surface area is 325 Å². The molecule has 14 nitrogen and oxygen atoms in total. The highest BCUT2D eigenvalue weighted by Crippen LogP contribution is 2.36. The Morgan fingerprint density at radius 3 is 2.14 bits per heavy atom. The van der Waals surface area contributed by atoms with E-state index in [2.05, 4.69) is 10.3 Å². The highest BCUT2D eigenvalue weighted by Gasteiger charge is 2.31. The highest BCUT2D eigenvalue weighted by molar-refractivity contribution is 8.15. The highest BCUT2D eigenvalue weighted by atomic mass is 32.2. The Balaban J connectivity index is 0.000000209. The van der Waals surface area contributed by atoms with Gasteiger partial charge >= 0.3 is 17.6 Å². The van der Waals surface area contributed by atoms with Crippen LogP contribution in [0.5, 0.6) is 11.5 Å². The number of thioether (sulfide) groups is 1. The first-order valence-corrected chi connectivity index (χ1v) is 18.0. The Kier molecular flexibility index (Phi) is 15.5. The zero-order chi connectivity index (χ0) is 40.6. The van der Waals surface area contributed by atoms with Gasteiger partial charge in [-0.25, -0.2) is 19.4 Å². The lowest BCUT2D eigenvalue weighted by Gasteiger charge is -2.18. The monoisotopic (exact) mass is 781 g/mol. The van der Waals surface area contributed by atoms with E-state index in [4.69, 9.17) is 19.4 Å². The number of pyridine rings is 1. The Hall–Kier alpha value is -6.74. The van der Waals surface area contributed by atoms with E-state index in [1.54, 1.807) is 30.5 Å². The summed E-state index contributed by atoms with van der Waals surface area (Å²) in [7, 11) is 1.97. The molecule has 0 bridgehead atoms. The van der Waals surface area contributed by atoms with Crippen molar-refractivity contribution in [2.75, 3.05) is 25.1 Å². The number of likely N-dealkylation sites (N-methyl/N-ethyl adjacent to an activating group) is 1. The minimum absolute atomic E-state index is 0.0641. The zero-order valence-corrected chi connectivity index (χ0v) is 31.2. The van der Waals surface area contributed by atoms with Crippen molar-refractivity contribution in [3.05, 3.63) is 143 Å². The lowest BCUT2D eigenvalue weighted by Crippen LogP contribution is -2.25. The maximum atomic E-state index is 12.4. The van der Waals surface area contributed by atoms with Gasteiger partial charge in [-0.1, -0.05) is 72.4 Å². The Morgan fingerprint density at radius 1 is 0.911 bits per heavy atom. The second-order valence-electron chi connectivity index (χ2n) is 12.2. The summed E-state index contributed by atoms with van der Waals surface area (Å²) in [4.78, 5) is 72.3. The van der Waals surface area contributed by atoms with Crippen molar-refractivity contribution in [2.45, 2.75) is 30.9 Å². The summed E-state index contributed by atoms with van der Waals surface area (Å²) in [5.41, 5.74) is 1.63. The fourth-order valence-corrected chi connectivity index (χ4v) is 6.27. The summed E-state index contributed by atoms with van der Waals surface area (Å²) in [6.45, 7) is 2.73. The van der Waals surface area contributed by atoms with E-state index < -0.39 is 23.5 Å². The van der Waals surface area contributed by atoms with Crippen molar-refractivity contribution < 1.29 is 48.4 Å². The Bertz CT molecular complexity index is 2210. The van der Waals surface area contributed by atoms with E-state index in [1.165, 1.54) is 6.92 Å². The van der Waals surface area contributed by atoms with Gasteiger partial charge in [0.2, 0.25) is 5.91 Å². The second kappa shape index (κ2) is 20.6. The number of benzene rings is 3. The smallest absolute Gasteiger partial charge is 0.343 e. The zero-order valence-electron chi connectivity index (χ0n) is 30.4. The standard InChI is InChI=1S/C19H16O4.C18H19N3O3S.C4H4O4/c1-12(20)11-15(13-7-3-2-4-8-13)17-18(21)14-9-5-6-10-16(14)23-19(17)22;1-21(16-4-2-3-9-19-16)10-11-24-14-7-5-13(6-8-14)12-15-17(22)20-18(23)25-15;5-3(6)1-2-4(7)8/h2-10,15,21H,11H2,1H3;2-9,15H,10-12H2,1H3,(H,20,22,23);1-2H,(H,5,6)(H,7,8)/b;;2-1-. The molecule has 1 aliphatic heterocycles. The van der Waals surface area contributed by atoms with Crippen LogP contribution >= 0.6 is 11.8 Å². The maximum Gasteiger partial charge on any atom is 0.343 e. The summed E-state index contributed by atoms with van der Waals surface area (Å²) in [6.07, 6.45) is 3.54. The molecular formula is C41H39N3O11S. The topological polar surface area (TPSA) is 214 Å². The molecule has 3 heterocycles. The van der Waals surface area contributed by atoms with Gasteiger partial charge in [-0.3, -0.25) is 19.7 Å². The molecule has 56 heavy (non-hydrogen) atoms. The number of aliphatic carboxylic acids is 2. The van der Waals surface area contributed by atoms with Gasteiger partial charge in [0, 0.05) is 37.7 Å². The number of nitrogens with zero attached hydrogens (tertiary/aromatic N) is 2. The number of ketones is 1. The molecule has 15 heteroatoms. The van der Waals surface area contributed by atoms with Crippen molar-refractivity contribution in [1.82, 2.24) is 10.3 Å². The van der Waals surface area contributed by atoms with Gasteiger partial charge in [0.1, 0.15) is 35.3 Å². The van der Waals surface area contributed by atoms with Crippen molar-refractivity contribution in [1.29, 1.82) is 0 Å². The van der Waals surface area contributed by atoms with Gasteiger partial charge in [-0.2, -0.15) is 0 Å². The quantitative estimate of drug-likeness (QED) is 0.0820. The number of carboxylic acid groups (broad SMARTS) is 2. The van der Waals surface area contributed by atoms with Crippen molar-refractivity contribution in [3.63, 3.8) is 0 Å². The van der Waals surface area contributed by atoms with Crippen LogP contribution in [0.25, 0.3) is 11.0 Å². The van der Waals surface area contributed by atoms with Crippen LogP contribution in [0.3, 0.4) is 0 Å². The van der Waals surface area contributed by atoms with Gasteiger partial charge < -0.3 is 29.4 Å². The van der Waals surface area contributed by atoms with E-state index in [0.717, 1.165) is 41.0 Å². The summed E-state index contributed by atoms with van der Waals surface area (Å²) in [5, 5.41) is 28.4. The summed E-state index contributed by atoms with van der Waals surface area (Å²) < 4.78 is 11.1. The van der Waals surface area contributed by atoms with E-state index in [9.17, 15) is 33.9 Å². The number of para-hydroxylation sites is 1. The number of carboxylic acids is 2. The van der Waals surface area contributed by atoms with Crippen LogP contribution in [-0.4, -0.2) is 74.6 Å². The number of hydrogen-bond donors (Lipinski definition) is 4. The molecule has 0 aliphatic carbocycles. The molecule has 2 aromatic heterocycles. The second-order valence-corrected chi connectivity index (χ2v) is 13.4. The summed E-state index contributed by atoms with van der Waals surface area (Å²) in [6, 6.07) is 29.4. The summed E-state index contributed by atoms with van der Waals surface area (Å²) >= 11 is 1.05. The molecule has 3 aromatic carbocycles. The molecular weight excluding hydrogens is 743 g/mol. The molecule has 290 valence electrons. The van der Waals surface area contributed by atoms with E-state index in [0.29, 0.717) is 36.1 Å². The number of aromatic hydroxyl groups is 1. The molecule has 0 spiro atoms. The molecule has 2 amide bonds. The van der Waals surface area contributed by atoms with Crippen LogP contribution in [0.2, 0.25) is 0 Å². The molecule has 1 fully saturated rings. The average Bonchev–Trinajstić information content (AvgIpc) is 3.50. The number of Topliss-reactive ketones (excluding diaryl/α,β-unsaturated/α-hetero) is 1. The fraction of sp³-hybridized carbons (Fsp3) is 0.195. The van der Waals surface area contributed by atoms with Crippen LogP contribution in [-0.2, 0) is 25.6 Å². The molecule has 2 atom stereocenters. The van der Waals surface area contributed by atoms with Crippen LogP contribution in [0.15, 0.2) is 125 Å². The number of ether oxygens (including phenoxy) is 1. The van der Waals surface area contributed by atoms with E-state index in [1.807, 2.05) is 84.7 Å². The van der Waals surface area contributed by atoms with E-state index >= 15 is 0 Å². The first kappa shape index (κ1) is 42.0. The molecule has 1 aliphatic rings. The minimum Gasteiger partial charge on any atom is -0.507 e. The molecule has 4 N–H and O–H groups in total. The SMILES string of the molecule is CC(=O)CC(c1ccccc1)c1c(O)c2ccccc2oc1=O.CN(CCOc1ccc(CC2SC(=O)NC2=O)cc1)c1ccccn1.O=C(O)/C=C\C(=O)O. The number of anilines is 1. The Morgan fingerprint density at radius 2 is 1.55 bits per heavy atom. The molecule has 6 rings (SSSR count). The third-order valence-corrected chi connectivity index (χ3v) is 9.06. The number of aromatic nitrogens is 1. The first-order valence-electron chi connectivity index (χ1n) is 17.1. The number of carbonyl (C=O) groups excluding carboxylic acids is 3. The number of carbonyl (C=O) groups is 5. The number of nitrogens with one attached hydrogen (secondary N) is 1. The van der Waals surface area contributed by atoms with Crippen molar-refractivity contribution >= 4 is 57.4 Å². The van der Waals surface area contributed by atoms with E-state index in [-0.39, 0.29) is 39.9 Å². The van der Waals surface area contributed by atoms with Gasteiger partial charge in [0.15, 0.2) is 0 Å². The summed E-state index contributed by atoms with van der Waals surface area (Å²) in [5.74, 6) is -1.76. The lowest BCUT2D eigenvalue weighted by molar-refractivity contribution is -0.134. The minimum atomic E-state index is -1.26. The van der Waals surface area contributed by atoms with Crippen molar-refractivity contribution in [2.24, 2.45) is 0 Å². The average molecular weight is 782 g/mol. The van der Waals surface area contributed by atoms with Gasteiger partial charge in [0.05, 0.1) is 22.7 Å². The van der Waals surface area contributed by atoms with Crippen LogP contribution in [0, 0.1) is 0 Å². The van der Waals surface area contributed by atoms with Gasteiger partial charge in [0.25, 0.3) is 5.24 Å². The molecule has 2 unspecified atom stereocenters. The molecule has 5 aromatic rings. The van der Waals surface area contributed by atoms with Crippen LogP contribution < -0.4 is 20.6 Å². The number of imide groups is 1. The first-order chi connectivity index (χ1) is 26.8. The van der Waals surface area contributed by atoms with Crippen LogP contribution in [0.4, 0.5) is 10.6 Å². The van der Waals surface area contributed by atoms with Crippen molar-refractivity contribution in [3.8, 4) is 11.5 Å². The predicted octanol–water partition coefficient (Wildman–Crippen LogP) is 5.81. The number of rotatable bonds is 13. The lowest BCUT2D eigenvalue weighted by atomic mass is 9.87. The molecule has 0 radical (unpaired) electrons. The number of hydrogen-bond acceptors (Lipinski definition) is 12. The third kappa shape index (κ3) is 12.7. The van der Waals surface area contributed by atoms with Crippen LogP contribution in [0.1, 0.15) is 36.0 Å². The van der Waals surface area contributed by atoms with Gasteiger partial charge in [-0.15, -0.1) is 0 Å². The molecule has 0 saturated carbocycles. The normalized spacial score (nSPS) is 13.8. The number of amides is 2. The molecule has 1 saturated heterocycles. The fourth-order valence-electron chi connectivity index (χ4n) is 5.42. The van der Waals surface area contributed by atoms with Gasteiger partial charge in [-0.05, 0) is 60.9 Å². The predicted molar refractivity (Wildman–Crippen MR) is 210 cm³/mol. The maximum absolute atomic E-state index is 12.4. The largest absolute Gasteiger partial charge is 0.507 e.